The molecule has 49 heavy (non-hydrogen) atoms. The molecular formula is C35H33F3N6O5. The normalized spacial score (nSPS) is 17.0. The Labute approximate surface area is 280 Å². The Morgan fingerprint density at radius 2 is 1.76 bits per heavy atom. The number of carbonyl (C=O) groups is 1. The van der Waals surface area contributed by atoms with Crippen molar-refractivity contribution >= 4 is 17.5 Å². The van der Waals surface area contributed by atoms with Gasteiger partial charge >= 0.3 is 6.18 Å². The maximum absolute atomic E-state index is 14.5. The molecule has 0 aromatic heterocycles. The first-order valence-corrected chi connectivity index (χ1v) is 15.2. The fourth-order valence-corrected chi connectivity index (χ4v) is 5.46. The summed E-state index contributed by atoms with van der Waals surface area (Å²) in [4.78, 5) is 22.3. The third-order valence-electron chi connectivity index (χ3n) is 7.83. The van der Waals surface area contributed by atoms with E-state index in [2.05, 4.69) is 20.9 Å². The number of rotatable bonds is 14. The third-order valence-corrected chi connectivity index (χ3v) is 7.83. The molecule has 0 bridgehead atoms. The lowest BCUT2D eigenvalue weighted by molar-refractivity contribution is -0.138. The molecule has 0 fully saturated rings. The maximum Gasteiger partial charge on any atom is 0.416 e. The van der Waals surface area contributed by atoms with Crippen LogP contribution in [-0.2, 0) is 28.7 Å². The number of benzene rings is 4. The van der Waals surface area contributed by atoms with Gasteiger partial charge in [0.1, 0.15) is 11.5 Å². The van der Waals surface area contributed by atoms with Crippen molar-refractivity contribution in [3.63, 3.8) is 0 Å². The van der Waals surface area contributed by atoms with Gasteiger partial charge in [-0.1, -0.05) is 59.7 Å². The zero-order valence-electron chi connectivity index (χ0n) is 26.4. The summed E-state index contributed by atoms with van der Waals surface area (Å²) in [6.07, 6.45) is -5.32. The van der Waals surface area contributed by atoms with Gasteiger partial charge in [0, 0.05) is 42.2 Å². The molecule has 1 amide bonds. The van der Waals surface area contributed by atoms with Gasteiger partial charge in [0.15, 0.2) is 11.6 Å². The van der Waals surface area contributed by atoms with Crippen LogP contribution in [0.1, 0.15) is 40.3 Å². The van der Waals surface area contributed by atoms with E-state index in [0.717, 1.165) is 6.07 Å². The van der Waals surface area contributed by atoms with E-state index in [1.54, 1.807) is 72.8 Å². The maximum atomic E-state index is 14.5. The van der Waals surface area contributed by atoms with E-state index >= 15 is 0 Å². The number of halogens is 3. The molecule has 0 aliphatic carbocycles. The summed E-state index contributed by atoms with van der Waals surface area (Å²) in [5.41, 5.74) is 13.6. The number of amides is 1. The van der Waals surface area contributed by atoms with Crippen molar-refractivity contribution in [2.75, 3.05) is 20.3 Å². The van der Waals surface area contributed by atoms with Gasteiger partial charge in [0.2, 0.25) is 5.90 Å². The minimum atomic E-state index is -4.59. The summed E-state index contributed by atoms with van der Waals surface area (Å²) in [5, 5.41) is 12.9. The summed E-state index contributed by atoms with van der Waals surface area (Å²) in [6.45, 7) is -0.0314. The Bertz CT molecular complexity index is 1850. The van der Waals surface area contributed by atoms with Gasteiger partial charge in [-0.25, -0.2) is 10.4 Å². The molecule has 1 aliphatic rings. The molecule has 254 valence electrons. The lowest BCUT2D eigenvalue weighted by atomic mass is 9.81. The second-order valence-electron chi connectivity index (χ2n) is 11.0. The Morgan fingerprint density at radius 1 is 1.02 bits per heavy atom. The van der Waals surface area contributed by atoms with Gasteiger partial charge in [-0.05, 0) is 64.7 Å². The summed E-state index contributed by atoms with van der Waals surface area (Å²) >= 11 is 0. The standard InChI is InChI=1S/C35H33F3N6O5/c1-47-28-11-6-10-24(20-28)31-34(21-25-8-3-5-13-30(25)42-44-39,33(46)43-40-22-26-9-2-4-12-29(26)35(36,37)38)41-32(49-31)23-14-16-27(17-15-23)48-19-7-18-45/h2-6,8-17,20,31,40,45H,7,18-19,21-22H2,1H3,(H,43,46)/t31-,34-/m0/s1. The highest BCUT2D eigenvalue weighted by molar-refractivity contribution is 6.01. The lowest BCUT2D eigenvalue weighted by Crippen LogP contribution is -2.53. The molecule has 14 heteroatoms. The summed E-state index contributed by atoms with van der Waals surface area (Å²) < 4.78 is 58.6. The molecular weight excluding hydrogens is 641 g/mol. The fraction of sp³-hybridized carbons (Fsp3) is 0.257. The molecule has 0 unspecified atom stereocenters. The van der Waals surface area contributed by atoms with Crippen molar-refractivity contribution < 1.29 is 37.3 Å². The molecule has 4 aromatic rings. The van der Waals surface area contributed by atoms with Gasteiger partial charge in [0.25, 0.3) is 5.91 Å². The van der Waals surface area contributed by atoms with Crippen molar-refractivity contribution in [2.45, 2.75) is 37.2 Å². The molecule has 0 saturated carbocycles. The predicted octanol–water partition coefficient (Wildman–Crippen LogP) is 6.74. The molecule has 0 radical (unpaired) electrons. The van der Waals surface area contributed by atoms with Crippen molar-refractivity contribution in [3.8, 4) is 11.5 Å². The molecule has 0 spiro atoms. The number of nitrogens with one attached hydrogen (secondary N) is 2. The summed E-state index contributed by atoms with van der Waals surface area (Å²) in [7, 11) is 1.50. The van der Waals surface area contributed by atoms with E-state index in [-0.39, 0.29) is 36.7 Å². The lowest BCUT2D eigenvalue weighted by Gasteiger charge is -2.31. The van der Waals surface area contributed by atoms with Crippen LogP contribution in [0.3, 0.4) is 0 Å². The second-order valence-corrected chi connectivity index (χ2v) is 11.0. The Hall–Kier alpha value is -5.56. The molecule has 11 nitrogen and oxygen atoms in total. The van der Waals surface area contributed by atoms with E-state index in [4.69, 9.17) is 24.3 Å². The summed E-state index contributed by atoms with van der Waals surface area (Å²) in [6, 6.07) is 25.5. The molecule has 2 atom stereocenters. The Morgan fingerprint density at radius 3 is 2.47 bits per heavy atom. The van der Waals surface area contributed by atoms with Crippen LogP contribution in [0.4, 0.5) is 18.9 Å². The highest BCUT2D eigenvalue weighted by Crippen LogP contribution is 2.44. The van der Waals surface area contributed by atoms with Crippen LogP contribution in [-0.4, -0.2) is 42.8 Å². The number of azide groups is 1. The van der Waals surface area contributed by atoms with E-state index in [1.807, 2.05) is 0 Å². The van der Waals surface area contributed by atoms with Crippen molar-refractivity contribution in [1.82, 2.24) is 10.9 Å². The first-order valence-electron chi connectivity index (χ1n) is 15.2. The third kappa shape index (κ3) is 8.12. The number of hydrazine groups is 1. The van der Waals surface area contributed by atoms with Crippen LogP contribution in [0.5, 0.6) is 11.5 Å². The van der Waals surface area contributed by atoms with Crippen LogP contribution in [0.25, 0.3) is 10.4 Å². The van der Waals surface area contributed by atoms with Gasteiger partial charge in [-0.2, -0.15) is 13.2 Å². The molecule has 4 aromatic carbocycles. The second kappa shape index (κ2) is 15.6. The molecule has 0 saturated heterocycles. The Balaban J connectivity index is 1.57. The average molecular weight is 675 g/mol. The van der Waals surface area contributed by atoms with Gasteiger partial charge in [-0.3, -0.25) is 10.2 Å². The first-order chi connectivity index (χ1) is 23.7. The van der Waals surface area contributed by atoms with Crippen LogP contribution in [0.15, 0.2) is 107 Å². The number of alkyl halides is 3. The average Bonchev–Trinajstić information content (AvgIpc) is 3.50. The molecule has 5 rings (SSSR count). The first kappa shape index (κ1) is 34.8. The number of methoxy groups -OCH3 is 1. The quantitative estimate of drug-likeness (QED) is 0.0444. The zero-order valence-corrected chi connectivity index (χ0v) is 26.4. The van der Waals surface area contributed by atoms with Crippen LogP contribution >= 0.6 is 0 Å². The van der Waals surface area contributed by atoms with Gasteiger partial charge < -0.3 is 19.3 Å². The van der Waals surface area contributed by atoms with Crippen LogP contribution < -0.4 is 20.3 Å². The molecule has 3 N–H and O–H groups in total. The largest absolute Gasteiger partial charge is 0.497 e. The topological polar surface area (TPSA) is 150 Å². The monoisotopic (exact) mass is 674 g/mol. The predicted molar refractivity (Wildman–Crippen MR) is 175 cm³/mol. The van der Waals surface area contributed by atoms with Gasteiger partial charge in [0.05, 0.1) is 19.3 Å². The number of ether oxygens (including phenoxy) is 3. The molecule has 1 aliphatic heterocycles. The number of nitrogens with zero attached hydrogens (tertiary/aromatic N) is 4. The summed E-state index contributed by atoms with van der Waals surface area (Å²) in [5.74, 6) is 0.452. The van der Waals surface area contributed by atoms with Gasteiger partial charge in [-0.15, -0.1) is 0 Å². The van der Waals surface area contributed by atoms with Crippen LogP contribution in [0.2, 0.25) is 0 Å². The van der Waals surface area contributed by atoms with E-state index < -0.39 is 29.3 Å². The highest BCUT2D eigenvalue weighted by Gasteiger charge is 2.53. The number of aliphatic hydroxyl groups is 1. The van der Waals surface area contributed by atoms with E-state index in [0.29, 0.717) is 41.2 Å². The number of hydrogen-bond donors (Lipinski definition) is 3. The van der Waals surface area contributed by atoms with Crippen LogP contribution in [0, 0.1) is 0 Å². The van der Waals surface area contributed by atoms with E-state index in [9.17, 15) is 23.5 Å². The number of hydrogen-bond acceptors (Lipinski definition) is 8. The minimum absolute atomic E-state index is 0.00889. The zero-order chi connectivity index (χ0) is 34.9. The molecule has 1 heterocycles. The minimum Gasteiger partial charge on any atom is -0.497 e. The number of aliphatic hydroxyl groups excluding tert-OH is 1. The Kier molecular flexibility index (Phi) is 11.0. The fourth-order valence-electron chi connectivity index (χ4n) is 5.46. The van der Waals surface area contributed by atoms with Crippen molar-refractivity contribution in [1.29, 1.82) is 0 Å². The SMILES string of the molecule is COc1cccc([C@@H]2OC(c3ccc(OCCCO)cc3)=N[C@]2(Cc2ccccc2N=[N+]=[N-])C(=O)NNCc2ccccc2C(F)(F)F)c1. The van der Waals surface area contributed by atoms with Crippen molar-refractivity contribution in [3.05, 3.63) is 135 Å². The highest BCUT2D eigenvalue weighted by atomic mass is 19.4. The number of carbonyl (C=O) groups excluding carboxylic acids is 1. The van der Waals surface area contributed by atoms with Crippen molar-refractivity contribution in [2.24, 2.45) is 10.1 Å². The number of aliphatic imine (C=N–C) groups is 1. The van der Waals surface area contributed by atoms with E-state index in [1.165, 1.54) is 25.3 Å². The smallest absolute Gasteiger partial charge is 0.416 e.